The Morgan fingerprint density at radius 3 is 2.33 bits per heavy atom. The van der Waals surface area contributed by atoms with E-state index in [0.717, 1.165) is 14.9 Å². The molecule has 0 saturated carbocycles. The highest BCUT2D eigenvalue weighted by atomic mass is 79.9. The van der Waals surface area contributed by atoms with Gasteiger partial charge in [-0.05, 0) is 94.5 Å². The SMILES string of the molecule is COc1cc(/C=C2\C(=O)NC(=O)N(c3ccc(Br)cc3)C2=O)cc(Br)c1OCc1ccc(C)c(C)c1. The van der Waals surface area contributed by atoms with E-state index in [1.807, 2.05) is 19.1 Å². The fourth-order valence-corrected chi connectivity index (χ4v) is 4.50. The van der Waals surface area contributed by atoms with E-state index >= 15 is 0 Å². The van der Waals surface area contributed by atoms with Gasteiger partial charge in [0.25, 0.3) is 11.8 Å². The first-order valence-corrected chi connectivity index (χ1v) is 12.5. The number of imide groups is 2. The maximum absolute atomic E-state index is 13.1. The van der Waals surface area contributed by atoms with Crippen molar-refractivity contribution in [2.24, 2.45) is 0 Å². The number of aryl methyl sites for hydroxylation is 2. The Morgan fingerprint density at radius 2 is 1.67 bits per heavy atom. The van der Waals surface area contributed by atoms with Crippen molar-refractivity contribution in [1.29, 1.82) is 0 Å². The lowest BCUT2D eigenvalue weighted by atomic mass is 10.1. The van der Waals surface area contributed by atoms with E-state index in [-0.39, 0.29) is 5.57 Å². The van der Waals surface area contributed by atoms with Gasteiger partial charge in [-0.1, -0.05) is 34.1 Å². The van der Waals surface area contributed by atoms with E-state index in [1.165, 1.54) is 24.3 Å². The quantitative estimate of drug-likeness (QED) is 0.269. The summed E-state index contributed by atoms with van der Waals surface area (Å²) in [6, 6.07) is 15.3. The molecule has 1 saturated heterocycles. The number of amides is 4. The lowest BCUT2D eigenvalue weighted by Crippen LogP contribution is -2.54. The second kappa shape index (κ2) is 10.7. The molecule has 36 heavy (non-hydrogen) atoms. The van der Waals surface area contributed by atoms with Gasteiger partial charge in [-0.3, -0.25) is 14.9 Å². The minimum atomic E-state index is -0.807. The van der Waals surface area contributed by atoms with Crippen LogP contribution >= 0.6 is 31.9 Å². The van der Waals surface area contributed by atoms with Crippen molar-refractivity contribution < 1.29 is 23.9 Å². The largest absolute Gasteiger partial charge is 0.493 e. The summed E-state index contributed by atoms with van der Waals surface area (Å²) in [5.41, 5.74) is 4.07. The molecule has 0 spiro atoms. The summed E-state index contributed by atoms with van der Waals surface area (Å²) in [6.07, 6.45) is 1.41. The first-order chi connectivity index (χ1) is 17.2. The second-order valence-corrected chi connectivity index (χ2v) is 9.95. The van der Waals surface area contributed by atoms with Gasteiger partial charge in [0, 0.05) is 4.47 Å². The molecule has 0 radical (unpaired) electrons. The molecule has 1 fully saturated rings. The van der Waals surface area contributed by atoms with Gasteiger partial charge in [0.1, 0.15) is 12.2 Å². The Bertz CT molecular complexity index is 1400. The van der Waals surface area contributed by atoms with Gasteiger partial charge in [0.2, 0.25) is 0 Å². The third-order valence-electron chi connectivity index (χ3n) is 5.70. The zero-order valence-electron chi connectivity index (χ0n) is 19.7. The Kier molecular flexibility index (Phi) is 7.61. The first kappa shape index (κ1) is 25.7. The van der Waals surface area contributed by atoms with Crippen molar-refractivity contribution in [2.45, 2.75) is 20.5 Å². The van der Waals surface area contributed by atoms with E-state index in [1.54, 1.807) is 36.4 Å². The van der Waals surface area contributed by atoms with Gasteiger partial charge in [-0.15, -0.1) is 0 Å². The number of carbonyl (C=O) groups is 3. The molecular formula is C27H22Br2N2O5. The Labute approximate surface area is 225 Å². The predicted octanol–water partition coefficient (Wildman–Crippen LogP) is 6.08. The van der Waals surface area contributed by atoms with E-state index in [9.17, 15) is 14.4 Å². The van der Waals surface area contributed by atoms with Gasteiger partial charge >= 0.3 is 6.03 Å². The number of hydrogen-bond donors (Lipinski definition) is 1. The van der Waals surface area contributed by atoms with Gasteiger partial charge < -0.3 is 9.47 Å². The highest BCUT2D eigenvalue weighted by Gasteiger charge is 2.36. The maximum atomic E-state index is 13.1. The molecule has 3 aromatic carbocycles. The van der Waals surface area contributed by atoms with Gasteiger partial charge in [0.15, 0.2) is 11.5 Å². The number of barbiturate groups is 1. The van der Waals surface area contributed by atoms with Crippen molar-refractivity contribution in [3.8, 4) is 11.5 Å². The molecule has 9 heteroatoms. The number of urea groups is 1. The zero-order valence-corrected chi connectivity index (χ0v) is 22.9. The fourth-order valence-electron chi connectivity index (χ4n) is 3.66. The zero-order chi connectivity index (χ0) is 26.0. The van der Waals surface area contributed by atoms with Crippen molar-refractivity contribution in [3.05, 3.63) is 91.4 Å². The smallest absolute Gasteiger partial charge is 0.335 e. The second-order valence-electron chi connectivity index (χ2n) is 8.18. The van der Waals surface area contributed by atoms with Gasteiger partial charge in [0.05, 0.1) is 17.3 Å². The molecule has 4 amide bonds. The molecule has 1 heterocycles. The summed E-state index contributed by atoms with van der Waals surface area (Å²) in [5, 5.41) is 2.22. The van der Waals surface area contributed by atoms with Crippen molar-refractivity contribution >= 4 is 61.5 Å². The number of ether oxygens (including phenoxy) is 2. The molecule has 7 nitrogen and oxygen atoms in total. The number of rotatable bonds is 6. The standard InChI is InChI=1S/C27H22Br2N2O5/c1-15-4-5-17(10-16(15)2)14-36-24-22(29)12-18(13-23(24)35-3)11-21-25(32)30-27(34)31(26(21)33)20-8-6-19(28)7-9-20/h4-13H,14H2,1-3H3,(H,30,32,34)/b21-11+. The number of methoxy groups -OCH3 is 1. The van der Waals surface area contributed by atoms with E-state index < -0.39 is 17.8 Å². The Morgan fingerprint density at radius 1 is 0.944 bits per heavy atom. The average molecular weight is 614 g/mol. The molecule has 0 bridgehead atoms. The molecule has 1 aliphatic heterocycles. The number of nitrogens with one attached hydrogen (secondary N) is 1. The lowest BCUT2D eigenvalue weighted by Gasteiger charge is -2.26. The average Bonchev–Trinajstić information content (AvgIpc) is 2.84. The van der Waals surface area contributed by atoms with Crippen LogP contribution < -0.4 is 19.7 Å². The third kappa shape index (κ3) is 5.37. The van der Waals surface area contributed by atoms with E-state index in [2.05, 4.69) is 50.2 Å². The van der Waals surface area contributed by atoms with E-state index in [0.29, 0.717) is 33.8 Å². The van der Waals surface area contributed by atoms with Crippen molar-refractivity contribution in [3.63, 3.8) is 0 Å². The summed E-state index contributed by atoms with van der Waals surface area (Å²) in [4.78, 5) is 39.0. The maximum Gasteiger partial charge on any atom is 0.335 e. The number of carbonyl (C=O) groups excluding carboxylic acids is 3. The predicted molar refractivity (Wildman–Crippen MR) is 144 cm³/mol. The molecule has 0 atom stereocenters. The van der Waals surface area contributed by atoms with Crippen LogP contribution in [0.2, 0.25) is 0 Å². The van der Waals surface area contributed by atoms with Crippen LogP contribution in [0.1, 0.15) is 22.3 Å². The van der Waals surface area contributed by atoms with Crippen molar-refractivity contribution in [1.82, 2.24) is 5.32 Å². The fraction of sp³-hybridized carbons (Fsp3) is 0.148. The molecular weight excluding hydrogens is 592 g/mol. The van der Waals surface area contributed by atoms with E-state index in [4.69, 9.17) is 9.47 Å². The molecule has 3 aromatic rings. The minimum Gasteiger partial charge on any atom is -0.493 e. The van der Waals surface area contributed by atoms with Crippen LogP contribution in [-0.4, -0.2) is 25.0 Å². The number of anilines is 1. The molecule has 1 N–H and O–H groups in total. The normalized spacial score (nSPS) is 14.8. The Balaban J connectivity index is 1.63. The van der Waals surface area contributed by atoms with Crippen LogP contribution in [0.5, 0.6) is 11.5 Å². The summed E-state index contributed by atoms with van der Waals surface area (Å²) in [7, 11) is 1.51. The molecule has 0 aliphatic carbocycles. The number of hydrogen-bond acceptors (Lipinski definition) is 5. The third-order valence-corrected chi connectivity index (χ3v) is 6.82. The minimum absolute atomic E-state index is 0.185. The Hall–Kier alpha value is -3.43. The topological polar surface area (TPSA) is 84.9 Å². The van der Waals surface area contributed by atoms with Crippen LogP contribution in [0.25, 0.3) is 6.08 Å². The molecule has 0 aromatic heterocycles. The molecule has 184 valence electrons. The van der Waals surface area contributed by atoms with Crippen LogP contribution in [-0.2, 0) is 16.2 Å². The monoisotopic (exact) mass is 612 g/mol. The highest BCUT2D eigenvalue weighted by molar-refractivity contribution is 9.10. The molecule has 0 unspecified atom stereocenters. The van der Waals surface area contributed by atoms with Crippen LogP contribution in [0.15, 0.2) is 69.1 Å². The highest BCUT2D eigenvalue weighted by Crippen LogP contribution is 2.38. The molecule has 4 rings (SSSR count). The van der Waals surface area contributed by atoms with Crippen LogP contribution in [0.3, 0.4) is 0 Å². The van der Waals surface area contributed by atoms with Crippen molar-refractivity contribution in [2.75, 3.05) is 12.0 Å². The summed E-state index contributed by atoms with van der Waals surface area (Å²) in [5.74, 6) is -0.590. The number of halogens is 2. The summed E-state index contributed by atoms with van der Waals surface area (Å²) < 4.78 is 12.9. The van der Waals surface area contributed by atoms with Crippen LogP contribution in [0, 0.1) is 13.8 Å². The summed E-state index contributed by atoms with van der Waals surface area (Å²) in [6.45, 7) is 4.44. The van der Waals surface area contributed by atoms with Crippen LogP contribution in [0.4, 0.5) is 10.5 Å². The van der Waals surface area contributed by atoms with Gasteiger partial charge in [-0.25, -0.2) is 9.69 Å². The molecule has 1 aliphatic rings. The number of benzene rings is 3. The number of nitrogens with zero attached hydrogens (tertiary/aromatic N) is 1. The summed E-state index contributed by atoms with van der Waals surface area (Å²) >= 11 is 6.84. The first-order valence-electron chi connectivity index (χ1n) is 10.9. The lowest BCUT2D eigenvalue weighted by molar-refractivity contribution is -0.122. The van der Waals surface area contributed by atoms with Gasteiger partial charge in [-0.2, -0.15) is 0 Å².